The van der Waals surface area contributed by atoms with Gasteiger partial charge >= 0.3 is 0 Å². The monoisotopic (exact) mass is 484 g/mol. The Balaban J connectivity index is 1.57. The second-order valence-electron chi connectivity index (χ2n) is 7.97. The van der Waals surface area contributed by atoms with Crippen molar-refractivity contribution in [2.45, 2.75) is 19.9 Å². The number of pyridine rings is 3. The third-order valence-corrected chi connectivity index (χ3v) is 5.78. The van der Waals surface area contributed by atoms with Crippen molar-refractivity contribution in [2.24, 2.45) is 0 Å². The highest BCUT2D eigenvalue weighted by atomic mass is 19.1. The molecular formula is C26H25FN8O. The second-order valence-corrected chi connectivity index (χ2v) is 7.97. The van der Waals surface area contributed by atoms with E-state index in [9.17, 15) is 9.65 Å². The Morgan fingerprint density at radius 3 is 2.75 bits per heavy atom. The number of hydrogen-bond acceptors (Lipinski definition) is 8. The van der Waals surface area contributed by atoms with Gasteiger partial charge in [-0.1, -0.05) is 6.07 Å². The standard InChI is InChI=1S/C26H25FN8O/c1-4-36-22-9-23(26-20(10-28)14-33-35(26)16-22)19-6-8-25(32-13-19)34(3)17(2)18-5-7-24(30-12-18)31-15-21(27)11-29/h5-9,11-17,29H,4H2,1-3H3,(H,30,31)/b21-15+,29-11?. The molecule has 4 rings (SSSR count). The summed E-state index contributed by atoms with van der Waals surface area (Å²) in [4.78, 5) is 11.0. The molecular weight excluding hydrogens is 459 g/mol. The number of nitrogens with one attached hydrogen (secondary N) is 2. The van der Waals surface area contributed by atoms with Crippen molar-refractivity contribution in [3.63, 3.8) is 0 Å². The van der Waals surface area contributed by atoms with Crippen LogP contribution in [0, 0.1) is 16.7 Å². The summed E-state index contributed by atoms with van der Waals surface area (Å²) < 4.78 is 20.4. The minimum Gasteiger partial charge on any atom is -0.492 e. The zero-order valence-electron chi connectivity index (χ0n) is 20.1. The van der Waals surface area contributed by atoms with Crippen molar-refractivity contribution in [1.29, 1.82) is 10.7 Å². The molecule has 0 spiro atoms. The smallest absolute Gasteiger partial charge is 0.156 e. The molecule has 4 aromatic rings. The fourth-order valence-corrected chi connectivity index (χ4v) is 3.74. The van der Waals surface area contributed by atoms with Gasteiger partial charge in [-0.25, -0.2) is 18.9 Å². The van der Waals surface area contributed by atoms with Crippen LogP contribution in [0.1, 0.15) is 31.0 Å². The number of rotatable bonds is 9. The molecule has 0 bridgehead atoms. The molecule has 10 heteroatoms. The fraction of sp³-hybridized carbons (Fsp3) is 0.192. The Labute approximate surface area is 208 Å². The molecule has 0 aliphatic rings. The van der Waals surface area contributed by atoms with E-state index in [1.54, 1.807) is 35.4 Å². The van der Waals surface area contributed by atoms with E-state index in [1.807, 2.05) is 50.1 Å². The summed E-state index contributed by atoms with van der Waals surface area (Å²) in [6, 6.07) is 11.6. The summed E-state index contributed by atoms with van der Waals surface area (Å²) >= 11 is 0. The molecule has 0 saturated carbocycles. The van der Waals surface area contributed by atoms with Crippen LogP contribution in [0.5, 0.6) is 5.75 Å². The van der Waals surface area contributed by atoms with Gasteiger partial charge in [-0.05, 0) is 43.7 Å². The third kappa shape index (κ3) is 5.00. The Kier molecular flexibility index (Phi) is 7.20. The van der Waals surface area contributed by atoms with Gasteiger partial charge in [-0.2, -0.15) is 10.4 Å². The molecule has 1 atom stereocenters. The minimum absolute atomic E-state index is 0.0354. The van der Waals surface area contributed by atoms with Crippen LogP contribution in [0.25, 0.3) is 16.6 Å². The van der Waals surface area contributed by atoms with Crippen molar-refractivity contribution in [2.75, 3.05) is 23.9 Å². The summed E-state index contributed by atoms with van der Waals surface area (Å²) in [7, 11) is 1.94. The lowest BCUT2D eigenvalue weighted by atomic mass is 10.0. The number of nitriles is 1. The molecule has 1 unspecified atom stereocenters. The van der Waals surface area contributed by atoms with Gasteiger partial charge in [-0.15, -0.1) is 0 Å². The Bertz CT molecular complexity index is 1440. The van der Waals surface area contributed by atoms with E-state index in [-0.39, 0.29) is 6.04 Å². The second kappa shape index (κ2) is 10.7. The van der Waals surface area contributed by atoms with Gasteiger partial charge in [0.2, 0.25) is 0 Å². The van der Waals surface area contributed by atoms with E-state index in [0.717, 1.165) is 28.7 Å². The number of allylic oxidation sites excluding steroid dienone is 1. The van der Waals surface area contributed by atoms with E-state index in [0.29, 0.717) is 35.5 Å². The molecule has 4 aromatic heterocycles. The number of ether oxygens (including phenoxy) is 1. The van der Waals surface area contributed by atoms with Gasteiger partial charge < -0.3 is 20.4 Å². The van der Waals surface area contributed by atoms with Crippen LogP contribution in [0.3, 0.4) is 0 Å². The number of fused-ring (bicyclic) bond motifs is 1. The van der Waals surface area contributed by atoms with Crippen molar-refractivity contribution >= 4 is 23.4 Å². The SMILES string of the molecule is CCOc1cc(-c2ccc(N(C)C(C)c3ccc(N/C=C(/F)C=N)nc3)nc2)c2c(C#N)cnn2c1. The summed E-state index contributed by atoms with van der Waals surface area (Å²) in [5.41, 5.74) is 3.78. The lowest BCUT2D eigenvalue weighted by Crippen LogP contribution is -2.22. The molecule has 0 aliphatic heterocycles. The number of hydrogen-bond donors (Lipinski definition) is 2. The highest BCUT2D eigenvalue weighted by Crippen LogP contribution is 2.32. The molecule has 0 radical (unpaired) electrons. The van der Waals surface area contributed by atoms with Crippen molar-refractivity contribution in [3.05, 3.63) is 78.3 Å². The topological polar surface area (TPSA) is 115 Å². The summed E-state index contributed by atoms with van der Waals surface area (Å²) in [5.74, 6) is 1.20. The maximum absolute atomic E-state index is 13.1. The van der Waals surface area contributed by atoms with Crippen LogP contribution >= 0.6 is 0 Å². The van der Waals surface area contributed by atoms with E-state index < -0.39 is 5.83 Å². The summed E-state index contributed by atoms with van der Waals surface area (Å²) in [5, 5.41) is 23.4. The molecule has 0 saturated heterocycles. The zero-order chi connectivity index (χ0) is 25.7. The van der Waals surface area contributed by atoms with Gasteiger partial charge in [0.1, 0.15) is 23.5 Å². The maximum Gasteiger partial charge on any atom is 0.156 e. The largest absolute Gasteiger partial charge is 0.492 e. The first-order chi connectivity index (χ1) is 17.4. The fourth-order valence-electron chi connectivity index (χ4n) is 3.74. The lowest BCUT2D eigenvalue weighted by molar-refractivity contribution is 0.338. The zero-order valence-corrected chi connectivity index (χ0v) is 20.1. The third-order valence-electron chi connectivity index (χ3n) is 5.78. The molecule has 0 amide bonds. The minimum atomic E-state index is -0.689. The Hall–Kier alpha value is -4.78. The van der Waals surface area contributed by atoms with Gasteiger partial charge in [-0.3, -0.25) is 0 Å². The molecule has 182 valence electrons. The number of anilines is 2. The van der Waals surface area contributed by atoms with Crippen molar-refractivity contribution in [1.82, 2.24) is 19.6 Å². The van der Waals surface area contributed by atoms with Gasteiger partial charge in [0, 0.05) is 36.8 Å². The lowest BCUT2D eigenvalue weighted by Gasteiger charge is -2.26. The molecule has 9 nitrogen and oxygen atoms in total. The van der Waals surface area contributed by atoms with Crippen molar-refractivity contribution < 1.29 is 9.13 Å². The Morgan fingerprint density at radius 1 is 1.28 bits per heavy atom. The summed E-state index contributed by atoms with van der Waals surface area (Å²) in [6.07, 6.45) is 8.49. The first kappa shape index (κ1) is 24.3. The van der Waals surface area contributed by atoms with Gasteiger partial charge in [0.15, 0.2) is 5.83 Å². The Morgan fingerprint density at radius 2 is 2.11 bits per heavy atom. The molecule has 0 fully saturated rings. The van der Waals surface area contributed by atoms with E-state index in [1.165, 1.54) is 0 Å². The number of aromatic nitrogens is 4. The first-order valence-electron chi connectivity index (χ1n) is 11.3. The van der Waals surface area contributed by atoms with E-state index in [2.05, 4.69) is 26.5 Å². The van der Waals surface area contributed by atoms with Crippen LogP contribution in [0.4, 0.5) is 16.0 Å². The quantitative estimate of drug-likeness (QED) is 0.316. The van der Waals surface area contributed by atoms with Crippen LogP contribution in [0.15, 0.2) is 67.1 Å². The molecule has 2 N–H and O–H groups in total. The van der Waals surface area contributed by atoms with Crippen LogP contribution in [-0.2, 0) is 0 Å². The molecule has 36 heavy (non-hydrogen) atoms. The number of halogens is 1. The highest BCUT2D eigenvalue weighted by Gasteiger charge is 2.17. The molecule has 0 aromatic carbocycles. The van der Waals surface area contributed by atoms with Crippen molar-refractivity contribution in [3.8, 4) is 22.9 Å². The average Bonchev–Trinajstić information content (AvgIpc) is 3.34. The highest BCUT2D eigenvalue weighted by molar-refractivity contribution is 5.85. The van der Waals surface area contributed by atoms with Crippen LogP contribution in [0.2, 0.25) is 0 Å². The van der Waals surface area contributed by atoms with Crippen LogP contribution in [-0.4, -0.2) is 39.5 Å². The normalized spacial score (nSPS) is 12.1. The number of nitrogens with zero attached hydrogens (tertiary/aromatic N) is 6. The summed E-state index contributed by atoms with van der Waals surface area (Å²) in [6.45, 7) is 4.46. The van der Waals surface area contributed by atoms with Gasteiger partial charge in [0.05, 0.1) is 42.3 Å². The average molecular weight is 485 g/mol. The predicted octanol–water partition coefficient (Wildman–Crippen LogP) is 5.13. The first-order valence-corrected chi connectivity index (χ1v) is 11.3. The van der Waals surface area contributed by atoms with E-state index in [4.69, 9.17) is 10.1 Å². The van der Waals surface area contributed by atoms with E-state index >= 15 is 0 Å². The predicted molar refractivity (Wildman–Crippen MR) is 137 cm³/mol. The maximum atomic E-state index is 13.1. The molecule has 4 heterocycles. The molecule has 0 aliphatic carbocycles. The van der Waals surface area contributed by atoms with Crippen LogP contribution < -0.4 is 15.0 Å². The van der Waals surface area contributed by atoms with Gasteiger partial charge in [0.25, 0.3) is 0 Å².